The molecule has 2 heterocycles. The second kappa shape index (κ2) is 7.22. The van der Waals surface area contributed by atoms with E-state index < -0.39 is 0 Å². The van der Waals surface area contributed by atoms with E-state index >= 15 is 0 Å². The van der Waals surface area contributed by atoms with Gasteiger partial charge in [0.1, 0.15) is 0 Å². The lowest BCUT2D eigenvalue weighted by Crippen LogP contribution is -2.63. The predicted octanol–water partition coefficient (Wildman–Crippen LogP) is -0.119. The molecule has 1 amide bonds. The van der Waals surface area contributed by atoms with Crippen LogP contribution in [0.4, 0.5) is 0 Å². The fraction of sp³-hybridized carbons (Fsp3) is 0.929. The number of nitrogens with zero attached hydrogens (tertiary/aromatic N) is 2. The molecule has 0 aromatic heterocycles. The lowest BCUT2D eigenvalue weighted by Gasteiger charge is -2.44. The first kappa shape index (κ1) is 14.8. The second-order valence-electron chi connectivity index (χ2n) is 5.70. The Morgan fingerprint density at radius 3 is 2.53 bits per heavy atom. The lowest BCUT2D eigenvalue weighted by atomic mass is 10.1. The highest BCUT2D eigenvalue weighted by Crippen LogP contribution is 2.11. The first-order valence-electron chi connectivity index (χ1n) is 7.69. The van der Waals surface area contributed by atoms with Crippen LogP contribution in [0, 0.1) is 0 Å². The molecular weight excluding hydrogens is 240 g/mol. The standard InChI is InChI=1S/C14H28N4O/c1-3-4-5-16-14(19)12(2)17-6-8-18(9-7-17)13-10-15-11-13/h12-13,15H,3-11H2,1-2H3,(H,16,19). The maximum Gasteiger partial charge on any atom is 0.237 e. The highest BCUT2D eigenvalue weighted by Gasteiger charge is 2.30. The number of carbonyl (C=O) groups is 1. The zero-order valence-electron chi connectivity index (χ0n) is 12.3. The average Bonchev–Trinajstić information content (AvgIpc) is 2.37. The van der Waals surface area contributed by atoms with E-state index in [0.29, 0.717) is 0 Å². The molecule has 0 aromatic carbocycles. The Labute approximate surface area is 116 Å². The zero-order chi connectivity index (χ0) is 13.7. The Balaban J connectivity index is 1.68. The SMILES string of the molecule is CCCCNC(=O)C(C)N1CCN(C2CNC2)CC1. The molecule has 2 saturated heterocycles. The highest BCUT2D eigenvalue weighted by atomic mass is 16.2. The molecule has 0 bridgehead atoms. The van der Waals surface area contributed by atoms with E-state index in [9.17, 15) is 4.79 Å². The summed E-state index contributed by atoms with van der Waals surface area (Å²) in [6.07, 6.45) is 2.20. The molecule has 0 aliphatic carbocycles. The molecule has 2 rings (SSSR count). The average molecular weight is 268 g/mol. The number of unbranched alkanes of at least 4 members (excludes halogenated alkanes) is 1. The van der Waals surface area contributed by atoms with E-state index in [1.165, 1.54) is 0 Å². The third-order valence-corrected chi connectivity index (χ3v) is 4.38. The molecule has 0 spiro atoms. The van der Waals surface area contributed by atoms with Gasteiger partial charge >= 0.3 is 0 Å². The van der Waals surface area contributed by atoms with Crippen LogP contribution in [-0.2, 0) is 4.79 Å². The monoisotopic (exact) mass is 268 g/mol. The number of hydrogen-bond donors (Lipinski definition) is 2. The van der Waals surface area contributed by atoms with Gasteiger partial charge in [0, 0.05) is 51.9 Å². The minimum Gasteiger partial charge on any atom is -0.355 e. The van der Waals surface area contributed by atoms with Crippen molar-refractivity contribution in [2.45, 2.75) is 38.8 Å². The van der Waals surface area contributed by atoms with E-state index in [-0.39, 0.29) is 11.9 Å². The van der Waals surface area contributed by atoms with Crippen molar-refractivity contribution in [1.82, 2.24) is 20.4 Å². The fourth-order valence-corrected chi connectivity index (χ4v) is 2.72. The Kier molecular flexibility index (Phi) is 5.60. The van der Waals surface area contributed by atoms with Gasteiger partial charge in [-0.2, -0.15) is 0 Å². The number of carbonyl (C=O) groups excluding carboxylic acids is 1. The van der Waals surface area contributed by atoms with Crippen LogP contribution in [0.15, 0.2) is 0 Å². The van der Waals surface area contributed by atoms with Crippen molar-refractivity contribution in [3.05, 3.63) is 0 Å². The van der Waals surface area contributed by atoms with Crippen LogP contribution in [0.25, 0.3) is 0 Å². The largest absolute Gasteiger partial charge is 0.355 e. The van der Waals surface area contributed by atoms with Gasteiger partial charge in [0.15, 0.2) is 0 Å². The number of amides is 1. The summed E-state index contributed by atoms with van der Waals surface area (Å²) in [4.78, 5) is 16.9. The molecule has 1 unspecified atom stereocenters. The van der Waals surface area contributed by atoms with Crippen molar-refractivity contribution in [3.63, 3.8) is 0 Å². The lowest BCUT2D eigenvalue weighted by molar-refractivity contribution is -0.126. The van der Waals surface area contributed by atoms with E-state index in [1.807, 2.05) is 6.92 Å². The van der Waals surface area contributed by atoms with Crippen LogP contribution in [0.3, 0.4) is 0 Å². The number of nitrogens with one attached hydrogen (secondary N) is 2. The minimum absolute atomic E-state index is 0.0125. The Morgan fingerprint density at radius 2 is 2.00 bits per heavy atom. The zero-order valence-corrected chi connectivity index (χ0v) is 12.3. The van der Waals surface area contributed by atoms with E-state index in [0.717, 1.165) is 64.7 Å². The van der Waals surface area contributed by atoms with Crippen molar-refractivity contribution in [3.8, 4) is 0 Å². The fourth-order valence-electron chi connectivity index (χ4n) is 2.72. The van der Waals surface area contributed by atoms with Gasteiger partial charge in [-0.1, -0.05) is 13.3 Å². The van der Waals surface area contributed by atoms with Crippen molar-refractivity contribution in [2.24, 2.45) is 0 Å². The first-order valence-corrected chi connectivity index (χ1v) is 7.69. The molecule has 0 aromatic rings. The van der Waals surface area contributed by atoms with Crippen LogP contribution < -0.4 is 10.6 Å². The summed E-state index contributed by atoms with van der Waals surface area (Å²) < 4.78 is 0. The smallest absolute Gasteiger partial charge is 0.237 e. The summed E-state index contributed by atoms with van der Waals surface area (Å²) in [6.45, 7) is 11.5. The number of piperazine rings is 1. The molecule has 2 N–H and O–H groups in total. The molecule has 5 heteroatoms. The van der Waals surface area contributed by atoms with Gasteiger partial charge < -0.3 is 10.6 Å². The van der Waals surface area contributed by atoms with Crippen LogP contribution in [0.5, 0.6) is 0 Å². The third-order valence-electron chi connectivity index (χ3n) is 4.38. The summed E-state index contributed by atoms with van der Waals surface area (Å²) in [6, 6.07) is 0.745. The molecule has 5 nitrogen and oxygen atoms in total. The molecule has 1 atom stereocenters. The normalized spacial score (nSPS) is 23.9. The second-order valence-corrected chi connectivity index (χ2v) is 5.70. The summed E-state index contributed by atoms with van der Waals surface area (Å²) in [5.74, 6) is 0.187. The van der Waals surface area contributed by atoms with Crippen LogP contribution >= 0.6 is 0 Å². The summed E-state index contributed by atoms with van der Waals surface area (Å²) in [7, 11) is 0. The van der Waals surface area contributed by atoms with E-state index in [4.69, 9.17) is 0 Å². The Hall–Kier alpha value is -0.650. The summed E-state index contributed by atoms with van der Waals surface area (Å²) >= 11 is 0. The molecule has 110 valence electrons. The van der Waals surface area contributed by atoms with E-state index in [2.05, 4.69) is 27.4 Å². The minimum atomic E-state index is 0.0125. The van der Waals surface area contributed by atoms with Gasteiger partial charge in [-0.3, -0.25) is 14.6 Å². The number of rotatable bonds is 6. The quantitative estimate of drug-likeness (QED) is 0.660. The van der Waals surface area contributed by atoms with E-state index in [1.54, 1.807) is 0 Å². The van der Waals surface area contributed by atoms with Crippen LogP contribution in [0.1, 0.15) is 26.7 Å². The topological polar surface area (TPSA) is 47.6 Å². The van der Waals surface area contributed by atoms with Gasteiger partial charge in [-0.25, -0.2) is 0 Å². The third kappa shape index (κ3) is 3.91. The molecule has 2 fully saturated rings. The maximum atomic E-state index is 12.0. The van der Waals surface area contributed by atoms with Crippen molar-refractivity contribution in [1.29, 1.82) is 0 Å². The summed E-state index contributed by atoms with van der Waals surface area (Å²) in [5, 5.41) is 6.35. The highest BCUT2D eigenvalue weighted by molar-refractivity contribution is 5.81. The molecule has 2 aliphatic rings. The molecule has 19 heavy (non-hydrogen) atoms. The number of hydrogen-bond acceptors (Lipinski definition) is 4. The van der Waals surface area contributed by atoms with Crippen LogP contribution in [0.2, 0.25) is 0 Å². The molecule has 0 saturated carbocycles. The van der Waals surface area contributed by atoms with Gasteiger partial charge in [-0.15, -0.1) is 0 Å². The van der Waals surface area contributed by atoms with Gasteiger partial charge in [0.05, 0.1) is 6.04 Å². The molecule has 0 radical (unpaired) electrons. The van der Waals surface area contributed by atoms with Gasteiger partial charge in [0.2, 0.25) is 5.91 Å². The van der Waals surface area contributed by atoms with Crippen LogP contribution in [-0.4, -0.2) is 73.6 Å². The van der Waals surface area contributed by atoms with Crippen molar-refractivity contribution < 1.29 is 4.79 Å². The van der Waals surface area contributed by atoms with Crippen molar-refractivity contribution in [2.75, 3.05) is 45.8 Å². The maximum absolute atomic E-state index is 12.0. The van der Waals surface area contributed by atoms with Crippen molar-refractivity contribution >= 4 is 5.91 Å². The van der Waals surface area contributed by atoms with Gasteiger partial charge in [-0.05, 0) is 13.3 Å². The predicted molar refractivity (Wildman–Crippen MR) is 77.2 cm³/mol. The Bertz CT molecular complexity index is 285. The summed E-state index contributed by atoms with van der Waals surface area (Å²) in [5.41, 5.74) is 0. The first-order chi connectivity index (χ1) is 9.22. The molecule has 2 aliphatic heterocycles. The molecular formula is C14H28N4O. The van der Waals surface area contributed by atoms with Gasteiger partial charge in [0.25, 0.3) is 0 Å². The Morgan fingerprint density at radius 1 is 1.32 bits per heavy atom.